The normalized spacial score (nSPS) is 13.1. The molecule has 2 heterocycles. The summed E-state index contributed by atoms with van der Waals surface area (Å²) in [6.07, 6.45) is 2.27. The Kier molecular flexibility index (Phi) is 4.45. The average Bonchev–Trinajstić information content (AvgIpc) is 2.72. The van der Waals surface area contributed by atoms with Crippen LogP contribution >= 0.6 is 15.9 Å². The molecule has 0 bridgehead atoms. The standard InChI is InChI=1S/C16H25BrN2Si/c1-11(2)20(12(3)4,13(5)6)19-10-9-14-15(19)7-8-16(17)18-14/h7-13H,1-6H3. The molecule has 0 atom stereocenters. The van der Waals surface area contributed by atoms with Crippen molar-refractivity contribution in [3.63, 3.8) is 0 Å². The third kappa shape index (κ3) is 2.27. The highest BCUT2D eigenvalue weighted by molar-refractivity contribution is 9.10. The fraction of sp³-hybridized carbons (Fsp3) is 0.562. The molecule has 2 aromatic heterocycles. The Hall–Kier alpha value is -0.613. The van der Waals surface area contributed by atoms with E-state index in [0.29, 0.717) is 16.6 Å². The first kappa shape index (κ1) is 15.8. The van der Waals surface area contributed by atoms with Crippen molar-refractivity contribution in [2.45, 2.75) is 58.2 Å². The third-order valence-corrected chi connectivity index (χ3v) is 11.9. The second-order valence-corrected chi connectivity index (χ2v) is 13.1. The van der Waals surface area contributed by atoms with Gasteiger partial charge >= 0.3 is 0 Å². The molecule has 0 spiro atoms. The van der Waals surface area contributed by atoms with Crippen molar-refractivity contribution in [3.8, 4) is 0 Å². The van der Waals surface area contributed by atoms with Gasteiger partial charge in [0.2, 0.25) is 0 Å². The van der Waals surface area contributed by atoms with E-state index in [1.165, 1.54) is 5.52 Å². The Balaban J connectivity index is 2.75. The lowest BCUT2D eigenvalue weighted by Gasteiger charge is -2.44. The van der Waals surface area contributed by atoms with Crippen molar-refractivity contribution < 1.29 is 0 Å². The molecule has 2 nitrogen and oxygen atoms in total. The quantitative estimate of drug-likeness (QED) is 0.500. The molecule has 2 aromatic rings. The van der Waals surface area contributed by atoms with Gasteiger partial charge in [0.25, 0.3) is 0 Å². The molecule has 0 aliphatic rings. The number of hydrogen-bond acceptors (Lipinski definition) is 1. The molecule has 2 rings (SSSR count). The van der Waals surface area contributed by atoms with Gasteiger partial charge in [0.15, 0.2) is 8.24 Å². The summed E-state index contributed by atoms with van der Waals surface area (Å²) in [7, 11) is -1.67. The zero-order valence-electron chi connectivity index (χ0n) is 13.3. The van der Waals surface area contributed by atoms with Crippen LogP contribution < -0.4 is 0 Å². The number of halogens is 1. The Morgan fingerprint density at radius 3 is 2.00 bits per heavy atom. The van der Waals surface area contributed by atoms with Gasteiger partial charge in [-0.15, -0.1) is 0 Å². The molecule has 0 radical (unpaired) electrons. The monoisotopic (exact) mass is 352 g/mol. The highest BCUT2D eigenvalue weighted by atomic mass is 79.9. The van der Waals surface area contributed by atoms with Gasteiger partial charge in [-0.05, 0) is 56.9 Å². The number of aromatic nitrogens is 2. The maximum absolute atomic E-state index is 4.61. The fourth-order valence-corrected chi connectivity index (χ4v) is 11.1. The van der Waals surface area contributed by atoms with Crippen molar-refractivity contribution in [1.82, 2.24) is 9.22 Å². The lowest BCUT2D eigenvalue weighted by Crippen LogP contribution is -2.51. The van der Waals surface area contributed by atoms with E-state index in [1.807, 2.05) is 0 Å². The topological polar surface area (TPSA) is 17.8 Å². The van der Waals surface area contributed by atoms with Gasteiger partial charge in [0.05, 0.1) is 11.0 Å². The predicted molar refractivity (Wildman–Crippen MR) is 93.9 cm³/mol. The molecule has 4 heteroatoms. The molecule has 0 saturated heterocycles. The van der Waals surface area contributed by atoms with Gasteiger partial charge in [-0.1, -0.05) is 41.5 Å². The van der Waals surface area contributed by atoms with Crippen molar-refractivity contribution >= 4 is 35.2 Å². The largest absolute Gasteiger partial charge is 0.372 e. The predicted octanol–water partition coefficient (Wildman–Crippen LogP) is 5.82. The Morgan fingerprint density at radius 1 is 0.950 bits per heavy atom. The summed E-state index contributed by atoms with van der Waals surface area (Å²) in [5, 5.41) is 0. The van der Waals surface area contributed by atoms with Crippen LogP contribution in [0.4, 0.5) is 0 Å². The van der Waals surface area contributed by atoms with Crippen LogP contribution in [0.25, 0.3) is 11.0 Å². The van der Waals surface area contributed by atoms with E-state index in [1.54, 1.807) is 0 Å². The molecule has 110 valence electrons. The zero-order chi connectivity index (χ0) is 15.1. The van der Waals surface area contributed by atoms with Gasteiger partial charge < -0.3 is 4.23 Å². The van der Waals surface area contributed by atoms with E-state index < -0.39 is 8.24 Å². The van der Waals surface area contributed by atoms with Gasteiger partial charge in [-0.3, -0.25) is 0 Å². The van der Waals surface area contributed by atoms with E-state index >= 15 is 0 Å². The summed E-state index contributed by atoms with van der Waals surface area (Å²) in [5.74, 6) is 0. The van der Waals surface area contributed by atoms with Crippen LogP contribution in [0.15, 0.2) is 29.0 Å². The van der Waals surface area contributed by atoms with Crippen molar-refractivity contribution in [2.75, 3.05) is 0 Å². The number of hydrogen-bond donors (Lipinski definition) is 0. The summed E-state index contributed by atoms with van der Waals surface area (Å²) in [5.41, 5.74) is 4.47. The first-order valence-corrected chi connectivity index (χ1v) is 10.4. The van der Waals surface area contributed by atoms with Crippen LogP contribution in [0.2, 0.25) is 16.6 Å². The Morgan fingerprint density at radius 2 is 1.50 bits per heavy atom. The molecule has 0 saturated carbocycles. The van der Waals surface area contributed by atoms with Crippen molar-refractivity contribution in [2.24, 2.45) is 0 Å². The molecular weight excluding hydrogens is 328 g/mol. The fourth-order valence-electron chi connectivity index (χ4n) is 4.17. The minimum absolute atomic E-state index is 0.696. The van der Waals surface area contributed by atoms with Crippen LogP contribution in [0.5, 0.6) is 0 Å². The van der Waals surface area contributed by atoms with E-state index in [0.717, 1.165) is 10.1 Å². The van der Waals surface area contributed by atoms with Gasteiger partial charge in [-0.2, -0.15) is 0 Å². The molecule has 0 aliphatic carbocycles. The summed E-state index contributed by atoms with van der Waals surface area (Å²) in [6, 6.07) is 6.43. The lowest BCUT2D eigenvalue weighted by molar-refractivity contribution is 0.773. The van der Waals surface area contributed by atoms with E-state index in [-0.39, 0.29) is 0 Å². The minimum Gasteiger partial charge on any atom is -0.372 e. The van der Waals surface area contributed by atoms with Crippen molar-refractivity contribution in [3.05, 3.63) is 29.0 Å². The van der Waals surface area contributed by atoms with E-state index in [9.17, 15) is 0 Å². The van der Waals surface area contributed by atoms with Crippen LogP contribution in [0.1, 0.15) is 41.5 Å². The average molecular weight is 353 g/mol. The highest BCUT2D eigenvalue weighted by Crippen LogP contribution is 2.44. The summed E-state index contributed by atoms with van der Waals surface area (Å²) < 4.78 is 3.51. The third-order valence-electron chi connectivity index (χ3n) is 4.70. The number of nitrogens with zero attached hydrogens (tertiary/aromatic N) is 2. The SMILES string of the molecule is CC(C)[Si](C(C)C)(C(C)C)n1ccc2nc(Br)ccc21. The summed E-state index contributed by atoms with van der Waals surface area (Å²) >= 11 is 3.47. The zero-order valence-corrected chi connectivity index (χ0v) is 15.9. The molecule has 0 unspecified atom stereocenters. The molecule has 0 amide bonds. The molecule has 0 N–H and O–H groups in total. The number of pyridine rings is 1. The molecule has 0 aliphatic heterocycles. The maximum atomic E-state index is 4.61. The maximum Gasteiger partial charge on any atom is 0.169 e. The van der Waals surface area contributed by atoms with Gasteiger partial charge in [0.1, 0.15) is 4.60 Å². The molecule has 0 fully saturated rings. The van der Waals surface area contributed by atoms with Crippen LogP contribution in [0, 0.1) is 0 Å². The highest BCUT2D eigenvalue weighted by Gasteiger charge is 2.45. The number of rotatable bonds is 4. The smallest absolute Gasteiger partial charge is 0.169 e. The van der Waals surface area contributed by atoms with Gasteiger partial charge in [-0.25, -0.2) is 4.98 Å². The van der Waals surface area contributed by atoms with Crippen molar-refractivity contribution in [1.29, 1.82) is 0 Å². The summed E-state index contributed by atoms with van der Waals surface area (Å²) in [6.45, 7) is 14.4. The first-order valence-electron chi connectivity index (χ1n) is 7.45. The van der Waals surface area contributed by atoms with E-state index in [2.05, 4.69) is 91.1 Å². The van der Waals surface area contributed by atoms with E-state index in [4.69, 9.17) is 0 Å². The Labute approximate surface area is 131 Å². The van der Waals surface area contributed by atoms with Crippen LogP contribution in [-0.2, 0) is 0 Å². The molecule has 0 aromatic carbocycles. The van der Waals surface area contributed by atoms with Gasteiger partial charge in [0, 0.05) is 0 Å². The minimum atomic E-state index is -1.67. The Bertz CT molecular complexity index is 580. The molecular formula is C16H25BrN2Si. The van der Waals surface area contributed by atoms with Crippen LogP contribution in [-0.4, -0.2) is 17.5 Å². The number of fused-ring (bicyclic) bond motifs is 1. The van der Waals surface area contributed by atoms with Crippen LogP contribution in [0.3, 0.4) is 0 Å². The first-order chi connectivity index (χ1) is 9.31. The lowest BCUT2D eigenvalue weighted by atomic mass is 10.4. The second-order valence-electron chi connectivity index (χ2n) is 6.58. The molecule has 20 heavy (non-hydrogen) atoms. The second kappa shape index (κ2) is 5.64. The summed E-state index contributed by atoms with van der Waals surface area (Å²) in [4.78, 5) is 4.61.